The summed E-state index contributed by atoms with van der Waals surface area (Å²) in [6, 6.07) is 14.3. The van der Waals surface area contributed by atoms with E-state index in [1.54, 1.807) is 25.1 Å². The molecule has 41 heavy (non-hydrogen) atoms. The van der Waals surface area contributed by atoms with Crippen LogP contribution in [0.1, 0.15) is 34.4 Å². The van der Waals surface area contributed by atoms with Crippen molar-refractivity contribution in [1.82, 2.24) is 9.88 Å². The molecule has 11 heteroatoms. The Kier molecular flexibility index (Phi) is 6.77. The van der Waals surface area contributed by atoms with Crippen molar-refractivity contribution in [3.05, 3.63) is 100 Å². The molecule has 0 N–H and O–H groups in total. The molecule has 3 aromatic carbocycles. The molecule has 0 fully saturated rings. The van der Waals surface area contributed by atoms with Crippen LogP contribution in [0.15, 0.2) is 70.2 Å². The van der Waals surface area contributed by atoms with E-state index < -0.39 is 29.5 Å². The fourth-order valence-electron chi connectivity index (χ4n) is 5.43. The number of rotatable bonds is 5. The molecule has 0 saturated carbocycles. The first-order valence-electron chi connectivity index (χ1n) is 13.0. The Balaban J connectivity index is 1.42. The largest absolute Gasteiger partial charge is 0.497 e. The Morgan fingerprint density at radius 2 is 1.78 bits per heavy atom. The number of hydrogen-bond acceptors (Lipinski definition) is 6. The summed E-state index contributed by atoms with van der Waals surface area (Å²) < 4.78 is 81.1. The van der Waals surface area contributed by atoms with Crippen molar-refractivity contribution >= 4 is 11.5 Å². The van der Waals surface area contributed by atoms with Crippen LogP contribution in [0.25, 0.3) is 11.5 Å². The minimum absolute atomic E-state index is 0.0162. The second-order valence-electron chi connectivity index (χ2n) is 10.00. The summed E-state index contributed by atoms with van der Waals surface area (Å²) >= 11 is 0. The van der Waals surface area contributed by atoms with E-state index in [0.717, 1.165) is 30.2 Å². The number of methoxy groups -OCH3 is 1. The van der Waals surface area contributed by atoms with Crippen LogP contribution < -0.4 is 9.75 Å². The Morgan fingerprint density at radius 1 is 0.976 bits per heavy atom. The van der Waals surface area contributed by atoms with Gasteiger partial charge < -0.3 is 9.15 Å². The smallest absolute Gasteiger partial charge is 0.417 e. The third kappa shape index (κ3) is 5.06. The summed E-state index contributed by atoms with van der Waals surface area (Å²) in [6.07, 6.45) is -4.17. The topological polar surface area (TPSA) is 54.1 Å². The van der Waals surface area contributed by atoms with Crippen LogP contribution >= 0.6 is 0 Å². The lowest BCUT2D eigenvalue weighted by molar-refractivity contribution is -0.137. The zero-order valence-corrected chi connectivity index (χ0v) is 22.2. The van der Waals surface area contributed by atoms with E-state index in [1.165, 1.54) is 23.8 Å². The summed E-state index contributed by atoms with van der Waals surface area (Å²) in [4.78, 5) is 6.62. The number of oxazole rings is 1. The third-order valence-electron chi connectivity index (χ3n) is 7.46. The summed E-state index contributed by atoms with van der Waals surface area (Å²) in [7, 11) is 1.59. The molecule has 2 aliphatic heterocycles. The molecule has 0 saturated heterocycles. The summed E-state index contributed by atoms with van der Waals surface area (Å²) in [5, 5.41) is 6.21. The van der Waals surface area contributed by atoms with Gasteiger partial charge >= 0.3 is 6.18 Å². The summed E-state index contributed by atoms with van der Waals surface area (Å²) in [5.74, 6) is -0.425. The number of halogens is 5. The number of hydrogen-bond donors (Lipinski definition) is 0. The van der Waals surface area contributed by atoms with Gasteiger partial charge in [-0.15, -0.1) is 0 Å². The van der Waals surface area contributed by atoms with Gasteiger partial charge in [0.2, 0.25) is 5.89 Å². The molecule has 0 spiro atoms. The first kappa shape index (κ1) is 26.9. The fourth-order valence-corrected chi connectivity index (χ4v) is 5.43. The molecule has 1 aromatic heterocycles. The van der Waals surface area contributed by atoms with E-state index in [2.05, 4.69) is 15.0 Å². The van der Waals surface area contributed by atoms with Crippen LogP contribution in [0.5, 0.6) is 5.75 Å². The van der Waals surface area contributed by atoms with E-state index >= 15 is 0 Å². The van der Waals surface area contributed by atoms with Crippen LogP contribution in [0, 0.1) is 18.6 Å². The molecule has 1 unspecified atom stereocenters. The average Bonchev–Trinajstić information content (AvgIpc) is 3.55. The number of benzene rings is 3. The first-order valence-corrected chi connectivity index (χ1v) is 13.0. The predicted octanol–water partition coefficient (Wildman–Crippen LogP) is 6.95. The van der Waals surface area contributed by atoms with Crippen LogP contribution in [-0.2, 0) is 19.1 Å². The van der Waals surface area contributed by atoms with Gasteiger partial charge in [0, 0.05) is 31.1 Å². The number of aromatic nitrogens is 1. The minimum atomic E-state index is -4.57. The SMILES string of the molecule is COc1ccc2c(c1)CN(C1CC(c3ccccc3C(F)(F)F)=NN1c1nc(-c3ccc(F)cc3F)oc1C)CC2. The number of anilines is 1. The van der Waals surface area contributed by atoms with Crippen molar-refractivity contribution in [3.8, 4) is 17.2 Å². The maximum atomic E-state index is 14.6. The molecule has 0 radical (unpaired) electrons. The molecule has 6 nitrogen and oxygen atoms in total. The van der Waals surface area contributed by atoms with Crippen LogP contribution in [-0.4, -0.2) is 35.4 Å². The number of aryl methyl sites for hydroxylation is 1. The highest BCUT2D eigenvalue weighted by Crippen LogP contribution is 2.39. The van der Waals surface area contributed by atoms with E-state index in [-0.39, 0.29) is 35.0 Å². The summed E-state index contributed by atoms with van der Waals surface area (Å²) in [5.41, 5.74) is 1.63. The van der Waals surface area contributed by atoms with Crippen LogP contribution in [0.2, 0.25) is 0 Å². The van der Waals surface area contributed by atoms with Gasteiger partial charge in [0.15, 0.2) is 5.82 Å². The highest BCUT2D eigenvalue weighted by atomic mass is 19.4. The quantitative estimate of drug-likeness (QED) is 0.244. The van der Waals surface area contributed by atoms with Gasteiger partial charge in [-0.25, -0.2) is 13.8 Å². The second kappa shape index (κ2) is 10.3. The monoisotopic (exact) mass is 568 g/mol. The van der Waals surface area contributed by atoms with E-state index in [9.17, 15) is 22.0 Å². The van der Waals surface area contributed by atoms with E-state index in [4.69, 9.17) is 9.15 Å². The first-order chi connectivity index (χ1) is 19.6. The van der Waals surface area contributed by atoms with Gasteiger partial charge in [-0.05, 0) is 54.8 Å². The zero-order valence-electron chi connectivity index (χ0n) is 22.2. The lowest BCUT2D eigenvalue weighted by atomic mass is 9.97. The van der Waals surface area contributed by atoms with Crippen LogP contribution in [0.3, 0.4) is 0 Å². The predicted molar refractivity (Wildman–Crippen MR) is 143 cm³/mol. The number of nitrogens with zero attached hydrogens (tertiary/aromatic N) is 4. The third-order valence-corrected chi connectivity index (χ3v) is 7.46. The molecule has 1 atom stereocenters. The second-order valence-corrected chi connectivity index (χ2v) is 10.00. The fraction of sp³-hybridized carbons (Fsp3) is 0.267. The molecule has 0 bridgehead atoms. The van der Waals surface area contributed by atoms with Gasteiger partial charge in [0.1, 0.15) is 29.3 Å². The van der Waals surface area contributed by atoms with Crippen molar-refractivity contribution in [3.63, 3.8) is 0 Å². The maximum absolute atomic E-state index is 14.6. The molecular weight excluding hydrogens is 543 g/mol. The van der Waals surface area contributed by atoms with Gasteiger partial charge in [0.05, 0.1) is 23.9 Å². The normalized spacial score (nSPS) is 17.5. The van der Waals surface area contributed by atoms with Gasteiger partial charge in [0.25, 0.3) is 0 Å². The van der Waals surface area contributed by atoms with Gasteiger partial charge in [-0.1, -0.05) is 24.3 Å². The molecule has 212 valence electrons. The summed E-state index contributed by atoms with van der Waals surface area (Å²) in [6.45, 7) is 2.76. The molecule has 2 aliphatic rings. The number of hydrazone groups is 1. The lowest BCUT2D eigenvalue weighted by Gasteiger charge is -2.37. The number of ether oxygens (including phenoxy) is 1. The van der Waals surface area contributed by atoms with Gasteiger partial charge in [-0.3, -0.25) is 4.90 Å². The highest BCUT2D eigenvalue weighted by molar-refractivity contribution is 6.04. The minimum Gasteiger partial charge on any atom is -0.497 e. The van der Waals surface area contributed by atoms with E-state index in [1.807, 2.05) is 18.2 Å². The Labute approximate surface area is 232 Å². The van der Waals surface area contributed by atoms with Crippen molar-refractivity contribution in [1.29, 1.82) is 0 Å². The number of alkyl halides is 3. The lowest BCUT2D eigenvalue weighted by Crippen LogP contribution is -2.46. The standard InChI is InChI=1S/C30H25F5N4O2/c1-17-28(36-29(41-17)23-10-8-20(31)14-25(23)32)39-27(38-12-11-18-7-9-21(40-2)13-19(18)16-38)15-26(37-39)22-5-3-4-6-24(22)30(33,34)35/h3-10,13-14,27H,11-12,15-16H2,1-2H3. The molecule has 0 aliphatic carbocycles. The van der Waals surface area contributed by atoms with E-state index in [0.29, 0.717) is 24.6 Å². The average molecular weight is 569 g/mol. The zero-order chi connectivity index (χ0) is 28.9. The van der Waals surface area contributed by atoms with Crippen LogP contribution in [0.4, 0.5) is 27.8 Å². The van der Waals surface area contributed by atoms with Crippen molar-refractivity contribution < 1.29 is 31.1 Å². The molecule has 4 aromatic rings. The van der Waals surface area contributed by atoms with Crippen molar-refractivity contribution in [2.75, 3.05) is 18.7 Å². The van der Waals surface area contributed by atoms with Crippen molar-refractivity contribution in [2.45, 2.75) is 38.7 Å². The molecule has 3 heterocycles. The van der Waals surface area contributed by atoms with Crippen molar-refractivity contribution in [2.24, 2.45) is 5.10 Å². The Morgan fingerprint density at radius 3 is 2.54 bits per heavy atom. The highest BCUT2D eigenvalue weighted by Gasteiger charge is 2.41. The maximum Gasteiger partial charge on any atom is 0.417 e. The van der Waals surface area contributed by atoms with Gasteiger partial charge in [-0.2, -0.15) is 23.3 Å². The number of fused-ring (bicyclic) bond motifs is 1. The molecule has 0 amide bonds. The Hall–Kier alpha value is -4.25. The molecule has 6 rings (SSSR count). The molecular formula is C30H25F5N4O2. The Bertz CT molecular complexity index is 1650.